The van der Waals surface area contributed by atoms with Crippen molar-refractivity contribution in [2.24, 2.45) is 0 Å². The van der Waals surface area contributed by atoms with Crippen molar-refractivity contribution in [1.82, 2.24) is 4.90 Å². The highest BCUT2D eigenvalue weighted by Gasteiger charge is 2.21. The monoisotopic (exact) mass is 289 g/mol. The van der Waals surface area contributed by atoms with E-state index in [0.717, 1.165) is 19.5 Å². The first kappa shape index (κ1) is 11.6. The molecule has 0 unspecified atom stereocenters. The zero-order valence-electron chi connectivity index (χ0n) is 8.66. The summed E-state index contributed by atoms with van der Waals surface area (Å²) in [5.41, 5.74) is 1.35. The molecule has 1 atom stereocenters. The molecule has 1 saturated heterocycles. The largest absolute Gasteiger partial charge is 0.395 e. The van der Waals surface area contributed by atoms with Crippen LogP contribution in [0.3, 0.4) is 0 Å². The van der Waals surface area contributed by atoms with Crippen LogP contribution in [0, 0.1) is 0 Å². The van der Waals surface area contributed by atoms with Gasteiger partial charge >= 0.3 is 0 Å². The minimum absolute atomic E-state index is 0.297. The molecule has 0 aromatic carbocycles. The molecule has 4 heteroatoms. The molecule has 2 rings (SSSR count). The molecule has 0 aliphatic carbocycles. The number of hydrogen-bond acceptors (Lipinski definition) is 3. The topological polar surface area (TPSA) is 23.5 Å². The van der Waals surface area contributed by atoms with Crippen LogP contribution in [-0.2, 0) is 6.54 Å². The molecule has 2 nitrogen and oxygen atoms in total. The van der Waals surface area contributed by atoms with Crippen LogP contribution in [0.2, 0.25) is 0 Å². The number of halogens is 1. The van der Waals surface area contributed by atoms with Crippen molar-refractivity contribution in [3.63, 3.8) is 0 Å². The smallest absolute Gasteiger partial charge is 0.0701 e. The molecule has 0 spiro atoms. The zero-order valence-corrected chi connectivity index (χ0v) is 11.1. The van der Waals surface area contributed by atoms with Gasteiger partial charge in [-0.05, 0) is 52.3 Å². The highest BCUT2D eigenvalue weighted by atomic mass is 79.9. The summed E-state index contributed by atoms with van der Waals surface area (Å²) in [4.78, 5) is 2.40. The molecule has 0 radical (unpaired) electrons. The van der Waals surface area contributed by atoms with Gasteiger partial charge in [0.25, 0.3) is 0 Å². The second-order valence-electron chi connectivity index (χ2n) is 4.06. The van der Waals surface area contributed by atoms with Crippen LogP contribution >= 0.6 is 27.3 Å². The number of rotatable bonds is 3. The van der Waals surface area contributed by atoms with Crippen molar-refractivity contribution in [2.75, 3.05) is 13.2 Å². The van der Waals surface area contributed by atoms with E-state index in [1.807, 2.05) is 0 Å². The summed E-state index contributed by atoms with van der Waals surface area (Å²) in [6.07, 6.45) is 3.67. The molecule has 15 heavy (non-hydrogen) atoms. The van der Waals surface area contributed by atoms with Crippen LogP contribution in [0.4, 0.5) is 0 Å². The lowest BCUT2D eigenvalue weighted by molar-refractivity contribution is 0.0842. The normalized spacial score (nSPS) is 23.2. The third-order valence-corrected chi connectivity index (χ3v) is 4.52. The van der Waals surface area contributed by atoms with Crippen molar-refractivity contribution in [3.8, 4) is 0 Å². The fourth-order valence-electron chi connectivity index (χ4n) is 2.14. The fraction of sp³-hybridized carbons (Fsp3) is 0.636. The third kappa shape index (κ3) is 3.03. The summed E-state index contributed by atoms with van der Waals surface area (Å²) in [5.74, 6) is 0. The summed E-state index contributed by atoms with van der Waals surface area (Å²) >= 11 is 5.21. The summed E-state index contributed by atoms with van der Waals surface area (Å²) in [6.45, 7) is 2.40. The SMILES string of the molecule is OC[C@H]1CCCCN1Cc1csc(Br)c1. The number of thiophene rings is 1. The lowest BCUT2D eigenvalue weighted by atomic mass is 10.0. The Kier molecular flexibility index (Phi) is 4.20. The minimum atomic E-state index is 0.297. The van der Waals surface area contributed by atoms with E-state index >= 15 is 0 Å². The van der Waals surface area contributed by atoms with E-state index in [0.29, 0.717) is 12.6 Å². The number of aliphatic hydroxyl groups is 1. The van der Waals surface area contributed by atoms with Gasteiger partial charge in [0.1, 0.15) is 0 Å². The molecule has 1 aromatic rings. The predicted octanol–water partition coefficient (Wildman–Crippen LogP) is 2.86. The van der Waals surface area contributed by atoms with Gasteiger partial charge in [-0.1, -0.05) is 6.42 Å². The third-order valence-electron chi connectivity index (χ3n) is 2.97. The highest BCUT2D eigenvalue weighted by molar-refractivity contribution is 9.11. The van der Waals surface area contributed by atoms with Gasteiger partial charge in [0.2, 0.25) is 0 Å². The molecule has 1 aliphatic rings. The summed E-state index contributed by atoms with van der Waals surface area (Å²) in [5, 5.41) is 11.5. The van der Waals surface area contributed by atoms with Crippen molar-refractivity contribution >= 4 is 27.3 Å². The minimum Gasteiger partial charge on any atom is -0.395 e. The number of nitrogens with zero attached hydrogens (tertiary/aromatic N) is 1. The second kappa shape index (κ2) is 5.43. The van der Waals surface area contributed by atoms with Crippen LogP contribution in [0.25, 0.3) is 0 Å². The average molecular weight is 290 g/mol. The van der Waals surface area contributed by atoms with Crippen LogP contribution in [0.5, 0.6) is 0 Å². The van der Waals surface area contributed by atoms with Crippen LogP contribution in [-0.4, -0.2) is 29.2 Å². The molecule has 0 saturated carbocycles. The summed E-state index contributed by atoms with van der Waals surface area (Å²) < 4.78 is 1.19. The maximum atomic E-state index is 9.30. The van der Waals surface area contributed by atoms with E-state index in [-0.39, 0.29) is 0 Å². The molecule has 1 aliphatic heterocycles. The van der Waals surface area contributed by atoms with Gasteiger partial charge in [-0.3, -0.25) is 4.90 Å². The van der Waals surface area contributed by atoms with E-state index in [9.17, 15) is 5.11 Å². The van der Waals surface area contributed by atoms with Gasteiger partial charge in [0, 0.05) is 12.6 Å². The zero-order chi connectivity index (χ0) is 10.7. The maximum Gasteiger partial charge on any atom is 0.0701 e. The van der Waals surface area contributed by atoms with Crippen molar-refractivity contribution in [3.05, 3.63) is 20.8 Å². The lowest BCUT2D eigenvalue weighted by Crippen LogP contribution is -2.41. The Morgan fingerprint density at radius 2 is 2.40 bits per heavy atom. The van der Waals surface area contributed by atoms with Crippen molar-refractivity contribution in [1.29, 1.82) is 0 Å². The van der Waals surface area contributed by atoms with Gasteiger partial charge < -0.3 is 5.11 Å². The first-order valence-corrected chi connectivity index (χ1v) is 7.04. The molecule has 84 valence electrons. The molecule has 1 N–H and O–H groups in total. The highest BCUT2D eigenvalue weighted by Crippen LogP contribution is 2.24. The van der Waals surface area contributed by atoms with Crippen LogP contribution in [0.1, 0.15) is 24.8 Å². The van der Waals surface area contributed by atoms with Crippen molar-refractivity contribution < 1.29 is 5.11 Å². The van der Waals surface area contributed by atoms with Gasteiger partial charge in [-0.15, -0.1) is 11.3 Å². The van der Waals surface area contributed by atoms with Gasteiger partial charge in [-0.25, -0.2) is 0 Å². The van der Waals surface area contributed by atoms with E-state index in [4.69, 9.17) is 0 Å². The first-order valence-electron chi connectivity index (χ1n) is 5.37. The van der Waals surface area contributed by atoms with Gasteiger partial charge in [-0.2, -0.15) is 0 Å². The second-order valence-corrected chi connectivity index (χ2v) is 6.35. The quantitative estimate of drug-likeness (QED) is 0.925. The molecule has 2 heterocycles. The number of likely N-dealkylation sites (tertiary alicyclic amines) is 1. The Hall–Kier alpha value is 0.100. The van der Waals surface area contributed by atoms with Crippen LogP contribution in [0.15, 0.2) is 15.2 Å². The Labute approximate surface area is 103 Å². The lowest BCUT2D eigenvalue weighted by Gasteiger charge is -2.34. The van der Waals surface area contributed by atoms with E-state index < -0.39 is 0 Å². The molecule has 1 fully saturated rings. The summed E-state index contributed by atoms with van der Waals surface area (Å²) in [7, 11) is 0. The van der Waals surface area contributed by atoms with Crippen molar-refractivity contribution in [2.45, 2.75) is 31.8 Å². The molecular formula is C11H16BrNOS. The molecule has 1 aromatic heterocycles. The number of aliphatic hydroxyl groups excluding tert-OH is 1. The van der Waals surface area contributed by atoms with Gasteiger partial charge in [0.15, 0.2) is 0 Å². The Morgan fingerprint density at radius 3 is 3.07 bits per heavy atom. The molecule has 0 amide bonds. The molecule has 0 bridgehead atoms. The van der Waals surface area contributed by atoms with E-state index in [1.54, 1.807) is 11.3 Å². The Bertz CT molecular complexity index is 315. The van der Waals surface area contributed by atoms with Crippen LogP contribution < -0.4 is 0 Å². The average Bonchev–Trinajstić information content (AvgIpc) is 2.65. The maximum absolute atomic E-state index is 9.30. The number of hydrogen-bond donors (Lipinski definition) is 1. The van der Waals surface area contributed by atoms with E-state index in [1.165, 1.54) is 22.2 Å². The molecular weight excluding hydrogens is 274 g/mol. The first-order chi connectivity index (χ1) is 7.29. The Balaban J connectivity index is 1.97. The summed E-state index contributed by atoms with van der Waals surface area (Å²) in [6, 6.07) is 2.55. The fourth-order valence-corrected chi connectivity index (χ4v) is 3.34. The predicted molar refractivity (Wildman–Crippen MR) is 67.2 cm³/mol. The van der Waals surface area contributed by atoms with E-state index in [2.05, 4.69) is 32.3 Å². The standard InChI is InChI=1S/C11H16BrNOS/c12-11-5-9(8-15-11)6-13-4-2-1-3-10(13)7-14/h5,8,10,14H,1-4,6-7H2/t10-/m1/s1. The Morgan fingerprint density at radius 1 is 1.53 bits per heavy atom. The van der Waals surface area contributed by atoms with Gasteiger partial charge in [0.05, 0.1) is 10.4 Å². The number of piperidine rings is 1.